The number of hydrogen-bond donors (Lipinski definition) is 1. The number of ether oxygens (including phenoxy) is 2. The summed E-state index contributed by atoms with van der Waals surface area (Å²) in [6.07, 6.45) is 0.881. The van der Waals surface area contributed by atoms with Crippen molar-refractivity contribution >= 4 is 23.1 Å². The van der Waals surface area contributed by atoms with Crippen LogP contribution in [-0.2, 0) is 9.59 Å². The first-order valence-electron chi connectivity index (χ1n) is 12.7. The minimum atomic E-state index is -0.782. The molecule has 1 atom stereocenters. The predicted octanol–water partition coefficient (Wildman–Crippen LogP) is 6.62. The molecule has 0 aromatic heterocycles. The first-order chi connectivity index (χ1) is 17.8. The number of rotatable bonds is 9. The number of aliphatic hydroxyl groups excluding tert-OH is 1. The molecule has 1 fully saturated rings. The molecule has 1 aliphatic heterocycles. The number of nitrogens with zero attached hydrogens (tertiary/aromatic N) is 1. The van der Waals surface area contributed by atoms with Gasteiger partial charge in [-0.1, -0.05) is 45.0 Å². The fraction of sp³-hybridized carbons (Fsp3) is 0.290. The second-order valence-electron chi connectivity index (χ2n) is 9.29. The van der Waals surface area contributed by atoms with E-state index in [9.17, 15) is 14.7 Å². The fourth-order valence-corrected chi connectivity index (χ4v) is 4.43. The van der Waals surface area contributed by atoms with Crippen molar-refractivity contribution in [2.45, 2.75) is 46.1 Å². The Hall–Kier alpha value is -4.06. The number of anilines is 1. The van der Waals surface area contributed by atoms with Gasteiger partial charge >= 0.3 is 0 Å². The highest BCUT2D eigenvalue weighted by Crippen LogP contribution is 2.42. The van der Waals surface area contributed by atoms with Crippen LogP contribution in [0.15, 0.2) is 78.4 Å². The Labute approximate surface area is 218 Å². The van der Waals surface area contributed by atoms with Crippen LogP contribution in [0, 0.1) is 0 Å². The number of carbonyl (C=O) groups excluding carboxylic acids is 2. The molecular weight excluding hydrogens is 466 g/mol. The van der Waals surface area contributed by atoms with Crippen LogP contribution in [0.2, 0.25) is 0 Å². The molecule has 0 spiro atoms. The Morgan fingerprint density at radius 1 is 0.865 bits per heavy atom. The van der Waals surface area contributed by atoms with E-state index in [2.05, 4.69) is 13.8 Å². The van der Waals surface area contributed by atoms with Gasteiger partial charge in [-0.3, -0.25) is 14.5 Å². The molecule has 1 heterocycles. The highest BCUT2D eigenvalue weighted by molar-refractivity contribution is 6.51. The van der Waals surface area contributed by atoms with Crippen LogP contribution in [0.5, 0.6) is 11.5 Å². The van der Waals surface area contributed by atoms with E-state index in [0.717, 1.165) is 17.5 Å². The molecule has 6 nitrogen and oxygen atoms in total. The molecule has 1 aliphatic rings. The third kappa shape index (κ3) is 5.38. The maximum absolute atomic E-state index is 13.4. The number of benzene rings is 3. The molecule has 1 saturated heterocycles. The van der Waals surface area contributed by atoms with Gasteiger partial charge in [0, 0.05) is 11.3 Å². The second-order valence-corrected chi connectivity index (χ2v) is 9.29. The van der Waals surface area contributed by atoms with Crippen molar-refractivity contribution in [2.24, 2.45) is 0 Å². The molecule has 6 heteroatoms. The summed E-state index contributed by atoms with van der Waals surface area (Å²) in [5.74, 6) is 0.0500. The lowest BCUT2D eigenvalue weighted by atomic mass is 9.93. The summed E-state index contributed by atoms with van der Waals surface area (Å²) in [5.41, 5.74) is 2.92. The number of Topliss-reactive ketones (excluding diaryl/α,β-unsaturated/α-hetero) is 1. The van der Waals surface area contributed by atoms with Crippen molar-refractivity contribution in [1.29, 1.82) is 0 Å². The normalized spacial score (nSPS) is 16.9. The zero-order valence-electron chi connectivity index (χ0n) is 21.7. The number of amides is 1. The molecule has 0 bridgehead atoms. The molecule has 1 amide bonds. The van der Waals surface area contributed by atoms with Crippen molar-refractivity contribution in [2.75, 3.05) is 18.1 Å². The monoisotopic (exact) mass is 499 g/mol. The molecule has 37 heavy (non-hydrogen) atoms. The number of carbonyl (C=O) groups is 2. The van der Waals surface area contributed by atoms with Crippen LogP contribution in [0.3, 0.4) is 0 Å². The first kappa shape index (κ1) is 26.0. The molecule has 4 rings (SSSR count). The Kier molecular flexibility index (Phi) is 7.97. The predicted molar refractivity (Wildman–Crippen MR) is 145 cm³/mol. The minimum Gasteiger partial charge on any atom is -0.507 e. The van der Waals surface area contributed by atoms with Gasteiger partial charge in [0.1, 0.15) is 17.3 Å². The van der Waals surface area contributed by atoms with Gasteiger partial charge in [0.2, 0.25) is 0 Å². The molecule has 0 radical (unpaired) electrons. The third-order valence-electron chi connectivity index (χ3n) is 6.39. The summed E-state index contributed by atoms with van der Waals surface area (Å²) in [6.45, 7) is 9.25. The van der Waals surface area contributed by atoms with E-state index < -0.39 is 17.7 Å². The van der Waals surface area contributed by atoms with E-state index in [0.29, 0.717) is 41.9 Å². The van der Waals surface area contributed by atoms with Crippen molar-refractivity contribution in [3.63, 3.8) is 0 Å². The number of aliphatic hydroxyl groups is 1. The van der Waals surface area contributed by atoms with Crippen molar-refractivity contribution in [1.82, 2.24) is 0 Å². The van der Waals surface area contributed by atoms with Gasteiger partial charge in [0.05, 0.1) is 24.8 Å². The van der Waals surface area contributed by atoms with Crippen LogP contribution in [0.4, 0.5) is 5.69 Å². The summed E-state index contributed by atoms with van der Waals surface area (Å²) in [7, 11) is 0. The molecular formula is C31H33NO5. The average molecular weight is 500 g/mol. The van der Waals surface area contributed by atoms with E-state index in [1.54, 1.807) is 48.5 Å². The van der Waals surface area contributed by atoms with Crippen LogP contribution in [0.1, 0.15) is 62.8 Å². The lowest BCUT2D eigenvalue weighted by Crippen LogP contribution is -2.29. The van der Waals surface area contributed by atoms with E-state index >= 15 is 0 Å². The summed E-state index contributed by atoms with van der Waals surface area (Å²) < 4.78 is 11.2. The van der Waals surface area contributed by atoms with Gasteiger partial charge in [-0.15, -0.1) is 0 Å². The number of ketones is 1. The molecule has 1 N–H and O–H groups in total. The Bertz CT molecular complexity index is 1270. The highest BCUT2D eigenvalue weighted by atomic mass is 16.5. The Morgan fingerprint density at radius 3 is 2.03 bits per heavy atom. The molecule has 3 aromatic carbocycles. The largest absolute Gasteiger partial charge is 0.507 e. The number of hydrogen-bond acceptors (Lipinski definition) is 5. The molecule has 3 aromatic rings. The summed E-state index contributed by atoms with van der Waals surface area (Å²) in [4.78, 5) is 28.2. The van der Waals surface area contributed by atoms with Crippen LogP contribution in [-0.4, -0.2) is 30.0 Å². The highest BCUT2D eigenvalue weighted by Gasteiger charge is 2.47. The maximum atomic E-state index is 13.4. The van der Waals surface area contributed by atoms with E-state index in [1.807, 2.05) is 38.1 Å². The van der Waals surface area contributed by atoms with Gasteiger partial charge in [-0.25, -0.2) is 0 Å². The van der Waals surface area contributed by atoms with Gasteiger partial charge in [-0.2, -0.15) is 0 Å². The van der Waals surface area contributed by atoms with Crippen LogP contribution < -0.4 is 14.4 Å². The van der Waals surface area contributed by atoms with Gasteiger partial charge in [-0.05, 0) is 78.9 Å². The van der Waals surface area contributed by atoms with E-state index in [4.69, 9.17) is 9.47 Å². The summed E-state index contributed by atoms with van der Waals surface area (Å²) in [6, 6.07) is 21.0. The zero-order valence-corrected chi connectivity index (χ0v) is 21.7. The van der Waals surface area contributed by atoms with E-state index in [-0.39, 0.29) is 11.3 Å². The topological polar surface area (TPSA) is 76.1 Å². The van der Waals surface area contributed by atoms with Crippen molar-refractivity contribution in [3.8, 4) is 11.5 Å². The maximum Gasteiger partial charge on any atom is 0.300 e. The van der Waals surface area contributed by atoms with Crippen LogP contribution >= 0.6 is 0 Å². The van der Waals surface area contributed by atoms with Crippen molar-refractivity contribution in [3.05, 3.63) is 95.1 Å². The van der Waals surface area contributed by atoms with E-state index in [1.165, 1.54) is 4.90 Å². The van der Waals surface area contributed by atoms with Gasteiger partial charge in [0.15, 0.2) is 0 Å². The van der Waals surface area contributed by atoms with Crippen LogP contribution in [0.25, 0.3) is 5.76 Å². The van der Waals surface area contributed by atoms with Gasteiger partial charge < -0.3 is 14.6 Å². The zero-order chi connectivity index (χ0) is 26.5. The lowest BCUT2D eigenvalue weighted by Gasteiger charge is -2.26. The summed E-state index contributed by atoms with van der Waals surface area (Å²) in [5, 5.41) is 11.3. The average Bonchev–Trinajstić information content (AvgIpc) is 3.18. The molecule has 192 valence electrons. The SMILES string of the molecule is CCCOc1ccc(/C(O)=C2/C(=O)C(=O)N(c3ccc(OCC)cc3)C2c2ccc(C(C)C)cc2)cc1. The summed E-state index contributed by atoms with van der Waals surface area (Å²) >= 11 is 0. The first-order valence-corrected chi connectivity index (χ1v) is 12.7. The smallest absolute Gasteiger partial charge is 0.300 e. The molecule has 1 unspecified atom stereocenters. The fourth-order valence-electron chi connectivity index (χ4n) is 4.43. The van der Waals surface area contributed by atoms with Crippen molar-refractivity contribution < 1.29 is 24.2 Å². The Balaban J connectivity index is 1.82. The Morgan fingerprint density at radius 2 is 1.46 bits per heavy atom. The minimum absolute atomic E-state index is 0.0541. The second kappa shape index (κ2) is 11.3. The standard InChI is InChI=1S/C31H33NO5/c1-5-19-37-26-15-11-23(12-16-26)29(33)27-28(22-9-7-21(8-10-22)20(3)4)32(31(35)30(27)34)24-13-17-25(18-14-24)36-6-2/h7-18,20,28,33H,5-6,19H2,1-4H3/b29-27-. The molecule has 0 saturated carbocycles. The molecule has 0 aliphatic carbocycles. The lowest BCUT2D eigenvalue weighted by molar-refractivity contribution is -0.132. The van der Waals surface area contributed by atoms with Gasteiger partial charge in [0.25, 0.3) is 11.7 Å². The third-order valence-corrected chi connectivity index (χ3v) is 6.39. The quantitative estimate of drug-likeness (QED) is 0.203.